The second kappa shape index (κ2) is 5.87. The summed E-state index contributed by atoms with van der Waals surface area (Å²) in [5.41, 5.74) is -0.0429. The van der Waals surface area contributed by atoms with E-state index in [0.29, 0.717) is 23.0 Å². The molecule has 0 aliphatic heterocycles. The summed E-state index contributed by atoms with van der Waals surface area (Å²) in [5.74, 6) is 0. The second-order valence-corrected chi connectivity index (χ2v) is 4.97. The number of benzene rings is 1. The van der Waals surface area contributed by atoms with E-state index in [0.717, 1.165) is 12.1 Å². The topological polar surface area (TPSA) is 32.3 Å². The van der Waals surface area contributed by atoms with E-state index in [4.69, 9.17) is 23.2 Å². The van der Waals surface area contributed by atoms with Gasteiger partial charge in [0.1, 0.15) is 0 Å². The molecule has 0 aliphatic rings. The van der Waals surface area contributed by atoms with Gasteiger partial charge in [-0.3, -0.25) is 0 Å². The summed E-state index contributed by atoms with van der Waals surface area (Å²) in [6.45, 7) is 5.12. The van der Waals surface area contributed by atoms with Crippen molar-refractivity contribution in [1.82, 2.24) is 5.32 Å². The Morgan fingerprint density at radius 2 is 1.88 bits per heavy atom. The quantitative estimate of drug-likeness (QED) is 0.855. The number of halogens is 2. The Hall–Kier alpha value is -0.280. The van der Waals surface area contributed by atoms with Crippen LogP contribution in [0.3, 0.4) is 0 Å². The normalized spacial score (nSPS) is 14.8. The summed E-state index contributed by atoms with van der Waals surface area (Å²) in [7, 11) is 0. The van der Waals surface area contributed by atoms with Crippen LogP contribution in [-0.4, -0.2) is 23.8 Å². The van der Waals surface area contributed by atoms with Crippen molar-refractivity contribution in [3.8, 4) is 0 Å². The second-order valence-electron chi connectivity index (χ2n) is 4.15. The summed E-state index contributed by atoms with van der Waals surface area (Å²) < 4.78 is 0. The molecule has 0 bridgehead atoms. The van der Waals surface area contributed by atoms with Gasteiger partial charge in [-0.05, 0) is 31.2 Å². The zero-order chi connectivity index (χ0) is 12.2. The van der Waals surface area contributed by atoms with Crippen LogP contribution in [-0.2, 0) is 6.42 Å². The molecule has 0 saturated heterocycles. The van der Waals surface area contributed by atoms with Crippen LogP contribution in [0, 0.1) is 0 Å². The predicted molar refractivity (Wildman–Crippen MR) is 69.3 cm³/mol. The Balaban J connectivity index is 2.79. The van der Waals surface area contributed by atoms with Crippen molar-refractivity contribution in [2.24, 2.45) is 0 Å². The highest BCUT2D eigenvalue weighted by molar-refractivity contribution is 6.36. The van der Waals surface area contributed by atoms with Gasteiger partial charge in [-0.15, -0.1) is 0 Å². The minimum absolute atomic E-state index is 0.443. The Morgan fingerprint density at radius 3 is 2.38 bits per heavy atom. The van der Waals surface area contributed by atoms with E-state index < -0.39 is 5.60 Å². The van der Waals surface area contributed by atoms with Crippen molar-refractivity contribution in [3.63, 3.8) is 0 Å². The molecule has 1 unspecified atom stereocenters. The zero-order valence-corrected chi connectivity index (χ0v) is 11.1. The van der Waals surface area contributed by atoms with Crippen LogP contribution in [0.5, 0.6) is 0 Å². The van der Waals surface area contributed by atoms with Gasteiger partial charge in [-0.1, -0.05) is 36.2 Å². The predicted octanol–water partition coefficient (Wildman–Crippen LogP) is 2.90. The van der Waals surface area contributed by atoms with Gasteiger partial charge in [-0.25, -0.2) is 0 Å². The molecule has 1 aromatic rings. The lowest BCUT2D eigenvalue weighted by molar-refractivity contribution is 0.0608. The van der Waals surface area contributed by atoms with Crippen molar-refractivity contribution in [3.05, 3.63) is 33.8 Å². The molecule has 0 aromatic heterocycles. The number of likely N-dealkylation sites (N-methyl/N-ethyl adjacent to an activating group) is 1. The van der Waals surface area contributed by atoms with Crippen molar-refractivity contribution in [2.75, 3.05) is 13.1 Å². The standard InChI is InChI=1S/C12H17Cl2NO/c1-3-15-8-12(2,16)7-9-10(13)5-4-6-11(9)14/h4-6,15-16H,3,7-8H2,1-2H3. The first-order valence-electron chi connectivity index (χ1n) is 5.32. The number of nitrogens with one attached hydrogen (secondary N) is 1. The number of rotatable bonds is 5. The van der Waals surface area contributed by atoms with Crippen LogP contribution in [0.4, 0.5) is 0 Å². The SMILES string of the molecule is CCNCC(C)(O)Cc1c(Cl)cccc1Cl. The van der Waals surface area contributed by atoms with E-state index in [9.17, 15) is 5.11 Å². The molecule has 0 radical (unpaired) electrons. The van der Waals surface area contributed by atoms with Gasteiger partial charge in [0.2, 0.25) is 0 Å². The van der Waals surface area contributed by atoms with Crippen molar-refractivity contribution in [2.45, 2.75) is 25.9 Å². The molecule has 1 rings (SSSR count). The van der Waals surface area contributed by atoms with E-state index in [2.05, 4.69) is 5.32 Å². The van der Waals surface area contributed by atoms with Gasteiger partial charge in [0.05, 0.1) is 5.60 Å². The highest BCUT2D eigenvalue weighted by Crippen LogP contribution is 2.27. The maximum Gasteiger partial charge on any atom is 0.0784 e. The van der Waals surface area contributed by atoms with E-state index in [1.165, 1.54) is 0 Å². The third-order valence-electron chi connectivity index (χ3n) is 2.38. The lowest BCUT2D eigenvalue weighted by Crippen LogP contribution is -2.39. The molecule has 0 spiro atoms. The molecule has 2 N–H and O–H groups in total. The number of hydrogen-bond acceptors (Lipinski definition) is 2. The van der Waals surface area contributed by atoms with Crippen LogP contribution in [0.2, 0.25) is 10.0 Å². The largest absolute Gasteiger partial charge is 0.389 e. The van der Waals surface area contributed by atoms with E-state index in [-0.39, 0.29) is 0 Å². The molecule has 0 heterocycles. The van der Waals surface area contributed by atoms with Gasteiger partial charge in [0.25, 0.3) is 0 Å². The molecule has 90 valence electrons. The van der Waals surface area contributed by atoms with Crippen LogP contribution in [0.15, 0.2) is 18.2 Å². The third-order valence-corrected chi connectivity index (χ3v) is 3.08. The average molecular weight is 262 g/mol. The first-order chi connectivity index (χ1) is 7.46. The lowest BCUT2D eigenvalue weighted by atomic mass is 9.96. The van der Waals surface area contributed by atoms with Gasteiger partial charge in [-0.2, -0.15) is 0 Å². The van der Waals surface area contributed by atoms with Crippen molar-refractivity contribution < 1.29 is 5.11 Å². The summed E-state index contributed by atoms with van der Waals surface area (Å²) in [4.78, 5) is 0. The van der Waals surface area contributed by atoms with Gasteiger partial charge >= 0.3 is 0 Å². The fourth-order valence-electron chi connectivity index (χ4n) is 1.54. The monoisotopic (exact) mass is 261 g/mol. The number of aliphatic hydroxyl groups is 1. The molecular weight excluding hydrogens is 245 g/mol. The summed E-state index contributed by atoms with van der Waals surface area (Å²) in [5, 5.41) is 14.5. The molecule has 0 amide bonds. The van der Waals surface area contributed by atoms with Crippen LogP contribution >= 0.6 is 23.2 Å². The fraction of sp³-hybridized carbons (Fsp3) is 0.500. The minimum atomic E-state index is -0.843. The highest BCUT2D eigenvalue weighted by atomic mass is 35.5. The molecule has 1 atom stereocenters. The van der Waals surface area contributed by atoms with Crippen LogP contribution in [0.25, 0.3) is 0 Å². The molecule has 2 nitrogen and oxygen atoms in total. The average Bonchev–Trinajstić information content (AvgIpc) is 2.21. The van der Waals surface area contributed by atoms with Crippen molar-refractivity contribution in [1.29, 1.82) is 0 Å². The fourth-order valence-corrected chi connectivity index (χ4v) is 2.07. The molecular formula is C12H17Cl2NO. The third kappa shape index (κ3) is 3.95. The van der Waals surface area contributed by atoms with Gasteiger partial charge < -0.3 is 10.4 Å². The minimum Gasteiger partial charge on any atom is -0.389 e. The van der Waals surface area contributed by atoms with Crippen LogP contribution < -0.4 is 5.32 Å². The Kier molecular flexibility index (Phi) is 5.06. The molecule has 0 saturated carbocycles. The van der Waals surface area contributed by atoms with E-state index in [1.807, 2.05) is 6.92 Å². The first-order valence-corrected chi connectivity index (χ1v) is 6.08. The Bertz CT molecular complexity index is 333. The smallest absolute Gasteiger partial charge is 0.0784 e. The summed E-state index contributed by atoms with van der Waals surface area (Å²) in [6.07, 6.45) is 0.443. The van der Waals surface area contributed by atoms with Gasteiger partial charge in [0, 0.05) is 23.0 Å². The summed E-state index contributed by atoms with van der Waals surface area (Å²) >= 11 is 12.1. The molecule has 1 aromatic carbocycles. The lowest BCUT2D eigenvalue weighted by Gasteiger charge is -2.24. The Morgan fingerprint density at radius 1 is 1.31 bits per heavy atom. The highest BCUT2D eigenvalue weighted by Gasteiger charge is 2.22. The van der Waals surface area contributed by atoms with E-state index >= 15 is 0 Å². The number of hydrogen-bond donors (Lipinski definition) is 2. The summed E-state index contributed by atoms with van der Waals surface area (Å²) in [6, 6.07) is 5.37. The molecule has 0 fully saturated rings. The molecule has 0 aliphatic carbocycles. The first kappa shape index (κ1) is 13.8. The van der Waals surface area contributed by atoms with Gasteiger partial charge in [0.15, 0.2) is 0 Å². The molecule has 4 heteroatoms. The molecule has 16 heavy (non-hydrogen) atoms. The Labute approximate surface area is 107 Å². The zero-order valence-electron chi connectivity index (χ0n) is 9.56. The maximum atomic E-state index is 10.2. The maximum absolute atomic E-state index is 10.2. The van der Waals surface area contributed by atoms with E-state index in [1.54, 1.807) is 25.1 Å². The van der Waals surface area contributed by atoms with Crippen molar-refractivity contribution >= 4 is 23.2 Å². The van der Waals surface area contributed by atoms with Crippen LogP contribution in [0.1, 0.15) is 19.4 Å².